The van der Waals surface area contributed by atoms with Crippen LogP contribution in [0.4, 0.5) is 0 Å². The van der Waals surface area contributed by atoms with Crippen molar-refractivity contribution in [1.29, 1.82) is 0 Å². The van der Waals surface area contributed by atoms with Crippen LogP contribution < -0.4 is 5.73 Å². The quantitative estimate of drug-likeness (QED) is 0.283. The topological polar surface area (TPSA) is 105 Å². The molecule has 8 nitrogen and oxygen atoms in total. The maximum atomic E-state index is 16.1. The van der Waals surface area contributed by atoms with Crippen LogP contribution in [0.2, 0.25) is 0 Å². The number of carbonyl (C=O) groups excluding carboxylic acids is 2. The van der Waals surface area contributed by atoms with E-state index >= 15 is 4.79 Å². The minimum atomic E-state index is -1.12. The van der Waals surface area contributed by atoms with E-state index in [0.29, 0.717) is 84.1 Å². The molecular formula is C55H69N3O5. The summed E-state index contributed by atoms with van der Waals surface area (Å²) < 4.78 is 14.4. The van der Waals surface area contributed by atoms with E-state index in [1.165, 1.54) is 74.5 Å². The standard InChI is InChI=1S/C55H69N3O5/c1-29-13-14-33-26-39-30(2)23-34-15-17-42-35-25-36-28-58(42)48(34)46(39)38-19-20-53-50(49(59)37-16-18-41(36)57(27-35)43(37)24-31-8-4-3-5-9-31)62-52(61)54(53,47(33)38)44(22-29)55(53)40-12-6-10-32(11-7-21-56)45(40)51(60)63-55/h6,10,12,26,29-31,35-37,39,41-44,46,59H,3-5,7-9,11,13-25,27-28,56H2,1-2H3/b50-49+/t29-,30-,35+,36+,37-,39+,41-,42+,43+,44+,46-,53-,54-,55-/m1/s1. The first kappa shape index (κ1) is 38.9. The number of rotatable bonds is 5. The second kappa shape index (κ2) is 13.4. The Kier molecular flexibility index (Phi) is 8.26. The Labute approximate surface area is 374 Å². The van der Waals surface area contributed by atoms with Crippen molar-refractivity contribution < 1.29 is 24.2 Å². The predicted octanol–water partition coefficient (Wildman–Crippen LogP) is 9.80. The molecule has 1 aromatic rings. The summed E-state index contributed by atoms with van der Waals surface area (Å²) in [4.78, 5) is 37.0. The number of aliphatic hydroxyl groups excluding tert-OH is 1. The van der Waals surface area contributed by atoms with E-state index in [1.54, 1.807) is 11.3 Å². The molecule has 63 heavy (non-hydrogen) atoms. The van der Waals surface area contributed by atoms with Crippen LogP contribution in [0.1, 0.15) is 151 Å². The summed E-state index contributed by atoms with van der Waals surface area (Å²) in [6.07, 6.45) is 22.9. The number of nitrogens with two attached hydrogens (primary N) is 1. The Morgan fingerprint density at radius 3 is 2.65 bits per heavy atom. The van der Waals surface area contributed by atoms with E-state index in [4.69, 9.17) is 15.2 Å². The summed E-state index contributed by atoms with van der Waals surface area (Å²) in [7, 11) is 0. The lowest BCUT2D eigenvalue weighted by atomic mass is 9.28. The van der Waals surface area contributed by atoms with Gasteiger partial charge in [0.2, 0.25) is 0 Å². The van der Waals surface area contributed by atoms with E-state index in [-0.39, 0.29) is 35.7 Å². The summed E-state index contributed by atoms with van der Waals surface area (Å²) in [6, 6.07) is 7.62. The third-order valence-electron chi connectivity index (χ3n) is 21.3. The lowest BCUT2D eigenvalue weighted by Gasteiger charge is -2.72. The van der Waals surface area contributed by atoms with Crippen molar-refractivity contribution in [1.82, 2.24) is 9.80 Å². The van der Waals surface area contributed by atoms with Crippen molar-refractivity contribution >= 4 is 11.9 Å². The van der Waals surface area contributed by atoms with Gasteiger partial charge in [0.05, 0.1) is 11.0 Å². The highest BCUT2D eigenvalue weighted by molar-refractivity contribution is 6.01. The van der Waals surface area contributed by atoms with Gasteiger partial charge in [-0.05, 0) is 149 Å². The van der Waals surface area contributed by atoms with Crippen LogP contribution in [0.15, 0.2) is 63.8 Å². The van der Waals surface area contributed by atoms with E-state index in [1.807, 2.05) is 0 Å². The minimum absolute atomic E-state index is 0.128. The molecule has 0 aromatic heterocycles. The Hall–Kier alpha value is -3.36. The van der Waals surface area contributed by atoms with Crippen molar-refractivity contribution in [3.05, 3.63) is 80.5 Å². The number of allylic oxidation sites excluding steroid dienone is 4. The first-order chi connectivity index (χ1) is 30.7. The molecule has 7 fully saturated rings. The molecule has 0 amide bonds. The van der Waals surface area contributed by atoms with Crippen LogP contribution in [0.3, 0.4) is 0 Å². The van der Waals surface area contributed by atoms with Gasteiger partial charge in [0.1, 0.15) is 11.2 Å². The number of aryl methyl sites for hydroxylation is 1. The molecule has 7 heterocycles. The lowest BCUT2D eigenvalue weighted by molar-refractivity contribution is -0.279. The van der Waals surface area contributed by atoms with Gasteiger partial charge in [-0.25, -0.2) is 4.79 Å². The Bertz CT molecular complexity index is 2350. The van der Waals surface area contributed by atoms with Crippen molar-refractivity contribution in [2.75, 3.05) is 19.6 Å². The Morgan fingerprint density at radius 2 is 1.79 bits per heavy atom. The number of esters is 2. The number of hydrogen-bond donors (Lipinski definition) is 2. The zero-order chi connectivity index (χ0) is 42.3. The molecule has 14 atom stereocenters. The number of carbonyl (C=O) groups is 2. The second-order valence-corrected chi connectivity index (χ2v) is 23.7. The molecule has 13 aliphatic rings. The van der Waals surface area contributed by atoms with Gasteiger partial charge >= 0.3 is 11.9 Å². The first-order valence-electron chi connectivity index (χ1n) is 26.1. The summed E-state index contributed by atoms with van der Waals surface area (Å²) in [5.41, 5.74) is 13.0. The molecular weight excluding hydrogens is 783 g/mol. The predicted molar refractivity (Wildman–Crippen MR) is 240 cm³/mol. The van der Waals surface area contributed by atoms with Crippen molar-refractivity contribution in [3.63, 3.8) is 0 Å². The molecule has 3 N–H and O–H groups in total. The molecule has 0 radical (unpaired) electrons. The molecule has 0 unspecified atom stereocenters. The van der Waals surface area contributed by atoms with E-state index in [2.05, 4.69) is 47.9 Å². The smallest absolute Gasteiger partial charge is 0.339 e. The SMILES string of the molecule is C[C@@H]1CCC2=C[C@@H]3[C@H]4C5=C2[C@]26C(=O)O/C(=C(/O)[C@@H]7CC[C@@H]8[C@H]9C[C@@H](CN8[C@H]7CC7CCCCC7)[C@@H]7CCC(=C4N7C9)C[C@H]3C)[C@@]2(CC5)[C@]2(OC(=O)c3c(CCCN)cccc32)[C@H]6C1. The molecule has 6 aliphatic carbocycles. The number of aliphatic hydroxyl groups is 1. The number of fused-ring (bicyclic) bond motifs is 8. The minimum Gasteiger partial charge on any atom is -0.508 e. The van der Waals surface area contributed by atoms with Crippen molar-refractivity contribution in [3.8, 4) is 0 Å². The normalized spacial score (nSPS) is 46.4. The molecule has 3 saturated carbocycles. The number of piperidine rings is 3. The molecule has 4 saturated heterocycles. The van der Waals surface area contributed by atoms with Gasteiger partial charge in [-0.15, -0.1) is 0 Å². The number of ether oxygens (including phenoxy) is 2. The monoisotopic (exact) mass is 852 g/mol. The van der Waals surface area contributed by atoms with Crippen LogP contribution in [0.25, 0.3) is 0 Å². The highest BCUT2D eigenvalue weighted by atomic mass is 16.6. The largest absolute Gasteiger partial charge is 0.508 e. The third kappa shape index (κ3) is 4.58. The van der Waals surface area contributed by atoms with Gasteiger partial charge in [-0.2, -0.15) is 0 Å². The molecule has 7 bridgehead atoms. The van der Waals surface area contributed by atoms with Crippen molar-refractivity contribution in [2.45, 2.75) is 160 Å². The summed E-state index contributed by atoms with van der Waals surface area (Å²) in [5, 5.41) is 13.7. The highest BCUT2D eigenvalue weighted by Crippen LogP contribution is 2.88. The van der Waals surface area contributed by atoms with Gasteiger partial charge in [-0.1, -0.05) is 81.4 Å². The number of nitrogens with zero attached hydrogens (tertiary/aromatic N) is 2. The zero-order valence-corrected chi connectivity index (χ0v) is 37.8. The third-order valence-corrected chi connectivity index (χ3v) is 21.3. The molecule has 334 valence electrons. The van der Waals surface area contributed by atoms with E-state index < -0.39 is 16.4 Å². The van der Waals surface area contributed by atoms with Gasteiger partial charge in [0.25, 0.3) is 0 Å². The first-order valence-corrected chi connectivity index (χ1v) is 26.1. The zero-order valence-electron chi connectivity index (χ0n) is 37.8. The molecule has 8 heteroatoms. The van der Waals surface area contributed by atoms with Crippen LogP contribution in [-0.4, -0.2) is 64.6 Å². The molecule has 7 aliphatic heterocycles. The fourth-order valence-electron chi connectivity index (χ4n) is 19.2. The van der Waals surface area contributed by atoms with E-state index in [0.717, 1.165) is 75.6 Å². The fourth-order valence-corrected chi connectivity index (χ4v) is 19.2. The van der Waals surface area contributed by atoms with Crippen LogP contribution >= 0.6 is 0 Å². The average molecular weight is 852 g/mol. The summed E-state index contributed by atoms with van der Waals surface area (Å²) in [6.45, 7) is 7.69. The van der Waals surface area contributed by atoms with Crippen LogP contribution in [0.5, 0.6) is 0 Å². The van der Waals surface area contributed by atoms with Gasteiger partial charge in [-0.3, -0.25) is 9.69 Å². The van der Waals surface area contributed by atoms with Crippen molar-refractivity contribution in [2.24, 2.45) is 69.8 Å². The number of hydrogen-bond acceptors (Lipinski definition) is 8. The molecule has 14 rings (SSSR count). The fraction of sp³-hybridized carbons (Fsp3) is 0.709. The van der Waals surface area contributed by atoms with Gasteiger partial charge < -0.3 is 25.2 Å². The van der Waals surface area contributed by atoms with Crippen LogP contribution in [0, 0.1) is 64.1 Å². The van der Waals surface area contributed by atoms with E-state index in [9.17, 15) is 9.90 Å². The Morgan fingerprint density at radius 1 is 0.937 bits per heavy atom. The van der Waals surface area contributed by atoms with Gasteiger partial charge in [0.15, 0.2) is 11.4 Å². The number of benzene rings is 1. The lowest BCUT2D eigenvalue weighted by Crippen LogP contribution is -2.77. The highest BCUT2D eigenvalue weighted by Gasteiger charge is 2.94. The molecule has 3 spiro atoms. The summed E-state index contributed by atoms with van der Waals surface area (Å²) in [5.74, 6) is 3.35. The van der Waals surface area contributed by atoms with Crippen LogP contribution in [-0.2, 0) is 26.3 Å². The second-order valence-electron chi connectivity index (χ2n) is 23.7. The maximum absolute atomic E-state index is 16.1. The maximum Gasteiger partial charge on any atom is 0.339 e. The Balaban J connectivity index is 1.07. The summed E-state index contributed by atoms with van der Waals surface area (Å²) >= 11 is 0. The van der Waals surface area contributed by atoms with Gasteiger partial charge in [0, 0.05) is 60.2 Å². The molecule has 1 aromatic carbocycles. The average Bonchev–Trinajstić information content (AvgIpc) is 3.75.